The molecule has 1 aliphatic rings. The van der Waals surface area contributed by atoms with Gasteiger partial charge in [-0.1, -0.05) is 30.3 Å². The predicted molar refractivity (Wildman–Crippen MR) is 102 cm³/mol. The number of aromatic nitrogens is 3. The van der Waals surface area contributed by atoms with Crippen LogP contribution in [-0.4, -0.2) is 34.3 Å². The van der Waals surface area contributed by atoms with Crippen molar-refractivity contribution in [2.24, 2.45) is 0 Å². The minimum absolute atomic E-state index is 0.470. The number of hydrogen-bond acceptors (Lipinski definition) is 6. The Kier molecular flexibility index (Phi) is 4.99. The minimum atomic E-state index is 0.470. The molecule has 0 saturated carbocycles. The zero-order valence-corrected chi connectivity index (χ0v) is 14.8. The zero-order chi connectivity index (χ0) is 16.9. The third-order valence-corrected chi connectivity index (χ3v) is 5.49. The summed E-state index contributed by atoms with van der Waals surface area (Å²) in [6.07, 6.45) is 6.08. The Balaban J connectivity index is 1.35. The van der Waals surface area contributed by atoms with Gasteiger partial charge in [-0.2, -0.15) is 5.10 Å². The van der Waals surface area contributed by atoms with Gasteiger partial charge in [0, 0.05) is 48.5 Å². The van der Waals surface area contributed by atoms with Gasteiger partial charge < -0.3 is 10.2 Å². The first-order chi connectivity index (χ1) is 12.4. The van der Waals surface area contributed by atoms with Crippen LogP contribution in [0.1, 0.15) is 17.7 Å². The SMILES string of the molecule is c1ccc(-c2ncc(CNC3CCCN(c4cccnn4)C3)s2)cc1. The van der Waals surface area contributed by atoms with Crippen LogP contribution in [0.5, 0.6) is 0 Å². The van der Waals surface area contributed by atoms with E-state index in [0.717, 1.165) is 30.5 Å². The van der Waals surface area contributed by atoms with Crippen molar-refractivity contribution in [1.82, 2.24) is 20.5 Å². The topological polar surface area (TPSA) is 53.9 Å². The van der Waals surface area contributed by atoms with Crippen molar-refractivity contribution in [3.63, 3.8) is 0 Å². The molecule has 0 bridgehead atoms. The van der Waals surface area contributed by atoms with Gasteiger partial charge in [-0.15, -0.1) is 16.4 Å². The largest absolute Gasteiger partial charge is 0.354 e. The Morgan fingerprint density at radius 3 is 2.92 bits per heavy atom. The molecular weight excluding hydrogens is 330 g/mol. The zero-order valence-electron chi connectivity index (χ0n) is 14.0. The first-order valence-electron chi connectivity index (χ1n) is 8.64. The van der Waals surface area contributed by atoms with Crippen LogP contribution in [0.25, 0.3) is 10.6 Å². The summed E-state index contributed by atoms with van der Waals surface area (Å²) in [6, 6.07) is 14.8. The Morgan fingerprint density at radius 2 is 2.08 bits per heavy atom. The number of benzene rings is 1. The van der Waals surface area contributed by atoms with Crippen molar-refractivity contribution in [2.45, 2.75) is 25.4 Å². The van der Waals surface area contributed by atoms with Crippen molar-refractivity contribution in [1.29, 1.82) is 0 Å². The van der Waals surface area contributed by atoms with Gasteiger partial charge in [0.05, 0.1) is 0 Å². The molecule has 1 atom stereocenters. The van der Waals surface area contributed by atoms with Crippen molar-refractivity contribution in [3.05, 3.63) is 59.7 Å². The molecule has 2 aromatic heterocycles. The highest BCUT2D eigenvalue weighted by atomic mass is 32.1. The fourth-order valence-corrected chi connectivity index (χ4v) is 4.03. The predicted octanol–water partition coefficient (Wildman–Crippen LogP) is 3.36. The third kappa shape index (κ3) is 4.03. The van der Waals surface area contributed by atoms with Crippen LogP contribution in [0, 0.1) is 0 Å². The van der Waals surface area contributed by atoms with Crippen LogP contribution in [0.15, 0.2) is 54.9 Å². The molecule has 0 spiro atoms. The Morgan fingerprint density at radius 1 is 1.16 bits per heavy atom. The van der Waals surface area contributed by atoms with E-state index in [9.17, 15) is 0 Å². The molecule has 3 aromatic rings. The number of nitrogens with zero attached hydrogens (tertiary/aromatic N) is 4. The maximum absolute atomic E-state index is 4.56. The van der Waals surface area contributed by atoms with Gasteiger partial charge in [0.25, 0.3) is 0 Å². The van der Waals surface area contributed by atoms with Gasteiger partial charge in [0.2, 0.25) is 0 Å². The number of nitrogens with one attached hydrogen (secondary N) is 1. The summed E-state index contributed by atoms with van der Waals surface area (Å²) in [5, 5.41) is 13.0. The molecule has 5 nitrogen and oxygen atoms in total. The average molecular weight is 351 g/mol. The molecule has 6 heteroatoms. The molecule has 1 N–H and O–H groups in total. The molecule has 1 aromatic carbocycles. The van der Waals surface area contributed by atoms with Crippen LogP contribution >= 0.6 is 11.3 Å². The van der Waals surface area contributed by atoms with Crippen molar-refractivity contribution >= 4 is 17.2 Å². The second kappa shape index (κ2) is 7.72. The van der Waals surface area contributed by atoms with Gasteiger partial charge in [-0.25, -0.2) is 4.98 Å². The van der Waals surface area contributed by atoms with E-state index in [1.54, 1.807) is 17.5 Å². The van der Waals surface area contributed by atoms with E-state index in [0.29, 0.717) is 6.04 Å². The van der Waals surface area contributed by atoms with Gasteiger partial charge in [-0.3, -0.25) is 0 Å². The molecule has 1 aliphatic heterocycles. The Bertz CT molecular complexity index is 790. The molecule has 0 radical (unpaired) electrons. The second-order valence-electron chi connectivity index (χ2n) is 6.25. The molecule has 4 rings (SSSR count). The van der Waals surface area contributed by atoms with Gasteiger partial charge >= 0.3 is 0 Å². The molecule has 1 unspecified atom stereocenters. The quantitative estimate of drug-likeness (QED) is 0.764. The lowest BCUT2D eigenvalue weighted by Crippen LogP contribution is -2.45. The third-order valence-electron chi connectivity index (χ3n) is 4.44. The maximum Gasteiger partial charge on any atom is 0.151 e. The molecule has 128 valence electrons. The van der Waals surface area contributed by atoms with Gasteiger partial charge in [0.15, 0.2) is 5.82 Å². The van der Waals surface area contributed by atoms with Crippen LogP contribution in [0.2, 0.25) is 0 Å². The van der Waals surface area contributed by atoms with E-state index in [2.05, 4.69) is 49.7 Å². The van der Waals surface area contributed by atoms with Crippen LogP contribution in [-0.2, 0) is 6.54 Å². The van der Waals surface area contributed by atoms with E-state index in [1.807, 2.05) is 24.4 Å². The summed E-state index contributed by atoms with van der Waals surface area (Å²) >= 11 is 1.76. The Labute approximate surface area is 151 Å². The fourth-order valence-electron chi connectivity index (χ4n) is 3.16. The van der Waals surface area contributed by atoms with E-state index in [-0.39, 0.29) is 0 Å². The average Bonchev–Trinajstić information content (AvgIpc) is 3.17. The van der Waals surface area contributed by atoms with E-state index in [4.69, 9.17) is 0 Å². The standard InChI is InChI=1S/C19H21N5S/c1-2-6-15(7-3-1)19-21-13-17(25-19)12-20-16-8-5-11-24(14-16)18-9-4-10-22-23-18/h1-4,6-7,9-10,13,16,20H,5,8,11-12,14H2. The lowest BCUT2D eigenvalue weighted by molar-refractivity contribution is 0.420. The summed E-state index contributed by atoms with van der Waals surface area (Å²) in [6.45, 7) is 2.89. The van der Waals surface area contributed by atoms with E-state index >= 15 is 0 Å². The number of thiazole rings is 1. The summed E-state index contributed by atoms with van der Waals surface area (Å²) in [4.78, 5) is 8.15. The van der Waals surface area contributed by atoms with E-state index in [1.165, 1.54) is 23.3 Å². The summed E-state index contributed by atoms with van der Waals surface area (Å²) in [7, 11) is 0. The lowest BCUT2D eigenvalue weighted by Gasteiger charge is -2.33. The summed E-state index contributed by atoms with van der Waals surface area (Å²) < 4.78 is 0. The molecule has 25 heavy (non-hydrogen) atoms. The molecule has 0 aliphatic carbocycles. The van der Waals surface area contributed by atoms with Crippen molar-refractivity contribution < 1.29 is 0 Å². The molecule has 3 heterocycles. The van der Waals surface area contributed by atoms with Gasteiger partial charge in [-0.05, 0) is 25.0 Å². The highest BCUT2D eigenvalue weighted by Crippen LogP contribution is 2.25. The second-order valence-corrected chi connectivity index (χ2v) is 7.36. The molecule has 1 fully saturated rings. The first-order valence-corrected chi connectivity index (χ1v) is 9.46. The first kappa shape index (κ1) is 16.2. The number of rotatable bonds is 5. The summed E-state index contributed by atoms with van der Waals surface area (Å²) in [5.41, 5.74) is 1.19. The van der Waals surface area contributed by atoms with Crippen molar-refractivity contribution in [3.8, 4) is 10.6 Å². The maximum atomic E-state index is 4.56. The van der Waals surface area contributed by atoms with Gasteiger partial charge in [0.1, 0.15) is 5.01 Å². The normalized spacial score (nSPS) is 17.6. The van der Waals surface area contributed by atoms with Crippen LogP contribution in [0.4, 0.5) is 5.82 Å². The highest BCUT2D eigenvalue weighted by Gasteiger charge is 2.20. The minimum Gasteiger partial charge on any atom is -0.354 e. The highest BCUT2D eigenvalue weighted by molar-refractivity contribution is 7.15. The smallest absolute Gasteiger partial charge is 0.151 e. The Hall–Kier alpha value is -2.31. The van der Waals surface area contributed by atoms with Crippen molar-refractivity contribution in [2.75, 3.05) is 18.0 Å². The number of hydrogen-bond donors (Lipinski definition) is 1. The molecular formula is C19H21N5S. The molecule has 0 amide bonds. The van der Waals surface area contributed by atoms with E-state index < -0.39 is 0 Å². The lowest BCUT2D eigenvalue weighted by atomic mass is 10.1. The molecule has 1 saturated heterocycles. The monoisotopic (exact) mass is 351 g/mol. The van der Waals surface area contributed by atoms with Crippen LogP contribution < -0.4 is 10.2 Å². The fraction of sp³-hybridized carbons (Fsp3) is 0.316. The summed E-state index contributed by atoms with van der Waals surface area (Å²) in [5.74, 6) is 0.971. The number of anilines is 1. The number of piperidine rings is 1. The van der Waals surface area contributed by atoms with Crippen LogP contribution in [0.3, 0.4) is 0 Å².